The van der Waals surface area contributed by atoms with E-state index in [2.05, 4.69) is 25.9 Å². The van der Waals surface area contributed by atoms with E-state index in [-0.39, 0.29) is 16.9 Å². The van der Waals surface area contributed by atoms with Gasteiger partial charge in [0.25, 0.3) is 0 Å². The van der Waals surface area contributed by atoms with Gasteiger partial charge in [0.15, 0.2) is 5.82 Å². The van der Waals surface area contributed by atoms with Crippen molar-refractivity contribution in [1.82, 2.24) is 9.97 Å². The SMILES string of the molecule is Fc1cccc2[nH]c(-c3ccc(Br)cc3C(F)(F)F)nc12. The Morgan fingerprint density at radius 3 is 2.52 bits per heavy atom. The molecule has 0 aliphatic heterocycles. The first-order chi connectivity index (χ1) is 9.86. The average molecular weight is 359 g/mol. The van der Waals surface area contributed by atoms with Crippen LogP contribution >= 0.6 is 15.9 Å². The van der Waals surface area contributed by atoms with Gasteiger partial charge in [0.1, 0.15) is 11.3 Å². The van der Waals surface area contributed by atoms with E-state index in [1.165, 1.54) is 24.3 Å². The minimum atomic E-state index is -4.53. The fraction of sp³-hybridized carbons (Fsp3) is 0.0714. The Morgan fingerprint density at radius 1 is 1.10 bits per heavy atom. The standard InChI is InChI=1S/C14H7BrF4N2/c15-7-4-5-8(9(6-7)14(17,18)19)13-20-11-3-1-2-10(16)12(11)21-13/h1-6H,(H,20,21). The number of para-hydroxylation sites is 1. The van der Waals surface area contributed by atoms with Crippen LogP contribution in [0.2, 0.25) is 0 Å². The predicted octanol–water partition coefficient (Wildman–Crippen LogP) is 5.15. The van der Waals surface area contributed by atoms with E-state index >= 15 is 0 Å². The number of benzene rings is 2. The van der Waals surface area contributed by atoms with Gasteiger partial charge in [-0.15, -0.1) is 0 Å². The highest BCUT2D eigenvalue weighted by atomic mass is 79.9. The number of nitrogens with one attached hydrogen (secondary N) is 1. The molecule has 2 aromatic carbocycles. The lowest BCUT2D eigenvalue weighted by molar-refractivity contribution is -0.137. The summed E-state index contributed by atoms with van der Waals surface area (Å²) in [4.78, 5) is 6.66. The summed E-state index contributed by atoms with van der Waals surface area (Å²) in [6.07, 6.45) is -4.53. The Bertz CT molecular complexity index is 823. The van der Waals surface area contributed by atoms with Gasteiger partial charge in [-0.25, -0.2) is 9.37 Å². The molecule has 0 aliphatic carbocycles. The van der Waals surface area contributed by atoms with Crippen LogP contribution in [0.3, 0.4) is 0 Å². The number of hydrogen-bond acceptors (Lipinski definition) is 1. The molecular formula is C14H7BrF4N2. The van der Waals surface area contributed by atoms with Crippen LogP contribution in [0, 0.1) is 5.82 Å². The van der Waals surface area contributed by atoms with E-state index in [4.69, 9.17) is 0 Å². The van der Waals surface area contributed by atoms with Gasteiger partial charge in [0, 0.05) is 10.0 Å². The van der Waals surface area contributed by atoms with Crippen LogP contribution in [-0.4, -0.2) is 9.97 Å². The van der Waals surface area contributed by atoms with E-state index in [0.29, 0.717) is 9.99 Å². The number of aromatic amines is 1. The summed E-state index contributed by atoms with van der Waals surface area (Å²) in [5.41, 5.74) is -0.595. The molecule has 0 saturated heterocycles. The largest absolute Gasteiger partial charge is 0.417 e. The fourth-order valence-corrected chi connectivity index (χ4v) is 2.44. The summed E-state index contributed by atoms with van der Waals surface area (Å²) < 4.78 is 53.2. The number of nitrogens with zero attached hydrogens (tertiary/aromatic N) is 1. The van der Waals surface area contributed by atoms with E-state index in [1.807, 2.05) is 0 Å². The van der Waals surface area contributed by atoms with Gasteiger partial charge >= 0.3 is 6.18 Å². The first-order valence-electron chi connectivity index (χ1n) is 5.87. The minimum absolute atomic E-state index is 0.0172. The molecule has 0 radical (unpaired) electrons. The number of halogens is 5. The average Bonchev–Trinajstić information content (AvgIpc) is 2.83. The number of hydrogen-bond donors (Lipinski definition) is 1. The molecule has 0 saturated carbocycles. The zero-order chi connectivity index (χ0) is 15.2. The molecule has 7 heteroatoms. The third-order valence-corrected chi connectivity index (χ3v) is 3.50. The lowest BCUT2D eigenvalue weighted by atomic mass is 10.1. The molecule has 21 heavy (non-hydrogen) atoms. The highest BCUT2D eigenvalue weighted by molar-refractivity contribution is 9.10. The van der Waals surface area contributed by atoms with Gasteiger partial charge in [0.2, 0.25) is 0 Å². The summed E-state index contributed by atoms with van der Waals surface area (Å²) in [7, 11) is 0. The van der Waals surface area contributed by atoms with Crippen molar-refractivity contribution in [3.63, 3.8) is 0 Å². The maximum Gasteiger partial charge on any atom is 0.417 e. The van der Waals surface area contributed by atoms with E-state index < -0.39 is 17.6 Å². The van der Waals surface area contributed by atoms with Crippen LogP contribution in [0.1, 0.15) is 5.56 Å². The summed E-state index contributed by atoms with van der Waals surface area (Å²) in [5, 5.41) is 0. The molecule has 0 spiro atoms. The molecule has 0 atom stereocenters. The summed E-state index contributed by atoms with van der Waals surface area (Å²) in [6.45, 7) is 0. The second kappa shape index (κ2) is 4.84. The molecule has 1 aromatic heterocycles. The number of rotatable bonds is 1. The number of alkyl halides is 3. The van der Waals surface area contributed by atoms with Gasteiger partial charge in [-0.05, 0) is 30.3 Å². The van der Waals surface area contributed by atoms with Crippen molar-refractivity contribution >= 4 is 27.0 Å². The minimum Gasteiger partial charge on any atom is -0.338 e. The fourth-order valence-electron chi connectivity index (χ4n) is 2.08. The van der Waals surface area contributed by atoms with Crippen LogP contribution in [0.4, 0.5) is 17.6 Å². The zero-order valence-electron chi connectivity index (χ0n) is 10.3. The summed E-state index contributed by atoms with van der Waals surface area (Å²) in [5.74, 6) is -0.601. The number of aromatic nitrogens is 2. The number of H-pyrrole nitrogens is 1. The Labute approximate surface area is 124 Å². The van der Waals surface area contributed by atoms with Crippen LogP contribution < -0.4 is 0 Å². The molecule has 1 heterocycles. The van der Waals surface area contributed by atoms with Gasteiger partial charge in [-0.3, -0.25) is 0 Å². The van der Waals surface area contributed by atoms with E-state index in [1.54, 1.807) is 6.07 Å². The normalized spacial score (nSPS) is 12.0. The second-order valence-corrected chi connectivity index (χ2v) is 5.32. The van der Waals surface area contributed by atoms with Crippen molar-refractivity contribution in [1.29, 1.82) is 0 Å². The zero-order valence-corrected chi connectivity index (χ0v) is 11.9. The lowest BCUT2D eigenvalue weighted by Gasteiger charge is -2.11. The van der Waals surface area contributed by atoms with Gasteiger partial charge in [-0.1, -0.05) is 22.0 Å². The molecule has 0 fully saturated rings. The summed E-state index contributed by atoms with van der Waals surface area (Å²) >= 11 is 3.02. The van der Waals surface area contributed by atoms with Crippen molar-refractivity contribution in [2.45, 2.75) is 6.18 Å². The molecule has 0 aliphatic rings. The molecule has 108 valence electrons. The monoisotopic (exact) mass is 358 g/mol. The van der Waals surface area contributed by atoms with Crippen LogP contribution in [0.15, 0.2) is 40.9 Å². The van der Waals surface area contributed by atoms with Crippen molar-refractivity contribution in [2.24, 2.45) is 0 Å². The van der Waals surface area contributed by atoms with Crippen LogP contribution in [-0.2, 0) is 6.18 Å². The Hall–Kier alpha value is -1.89. The first kappa shape index (κ1) is 14.1. The molecule has 1 N–H and O–H groups in total. The maximum absolute atomic E-state index is 13.6. The quantitative estimate of drug-likeness (QED) is 0.598. The van der Waals surface area contributed by atoms with Gasteiger partial charge in [-0.2, -0.15) is 13.2 Å². The van der Waals surface area contributed by atoms with Crippen molar-refractivity contribution in [2.75, 3.05) is 0 Å². The molecule has 0 amide bonds. The second-order valence-electron chi connectivity index (χ2n) is 4.41. The number of imidazole rings is 1. The van der Waals surface area contributed by atoms with E-state index in [0.717, 1.165) is 6.07 Å². The van der Waals surface area contributed by atoms with E-state index in [9.17, 15) is 17.6 Å². The first-order valence-corrected chi connectivity index (χ1v) is 6.67. The number of fused-ring (bicyclic) bond motifs is 1. The van der Waals surface area contributed by atoms with Crippen molar-refractivity contribution < 1.29 is 17.6 Å². The molecule has 3 rings (SSSR count). The third kappa shape index (κ3) is 2.53. The lowest BCUT2D eigenvalue weighted by Crippen LogP contribution is -2.07. The topological polar surface area (TPSA) is 28.7 Å². The van der Waals surface area contributed by atoms with Crippen molar-refractivity contribution in [3.8, 4) is 11.4 Å². The highest BCUT2D eigenvalue weighted by Crippen LogP contribution is 2.38. The molecule has 0 unspecified atom stereocenters. The molecular weight excluding hydrogens is 352 g/mol. The van der Waals surface area contributed by atoms with Crippen LogP contribution in [0.25, 0.3) is 22.4 Å². The predicted molar refractivity (Wildman–Crippen MR) is 74.2 cm³/mol. The Balaban J connectivity index is 2.25. The third-order valence-electron chi connectivity index (χ3n) is 3.01. The molecule has 0 bridgehead atoms. The van der Waals surface area contributed by atoms with Crippen LogP contribution in [0.5, 0.6) is 0 Å². The smallest absolute Gasteiger partial charge is 0.338 e. The van der Waals surface area contributed by atoms with Gasteiger partial charge in [0.05, 0.1) is 11.1 Å². The highest BCUT2D eigenvalue weighted by Gasteiger charge is 2.34. The molecule has 2 nitrogen and oxygen atoms in total. The van der Waals surface area contributed by atoms with Crippen molar-refractivity contribution in [3.05, 3.63) is 52.3 Å². The van der Waals surface area contributed by atoms with Gasteiger partial charge < -0.3 is 4.98 Å². The maximum atomic E-state index is 13.6. The molecule has 3 aromatic rings. The Morgan fingerprint density at radius 2 is 1.86 bits per heavy atom. The Kier molecular flexibility index (Phi) is 3.24. The summed E-state index contributed by atoms with van der Waals surface area (Å²) in [6, 6.07) is 7.97.